The Bertz CT molecular complexity index is 582. The predicted molar refractivity (Wildman–Crippen MR) is 87.0 cm³/mol. The number of hydrogen-bond donors (Lipinski definition) is 2. The van der Waals surface area contributed by atoms with Crippen LogP contribution in [0.4, 0.5) is 4.39 Å². The molecule has 0 saturated heterocycles. The van der Waals surface area contributed by atoms with Gasteiger partial charge in [-0.1, -0.05) is 18.5 Å². The zero-order chi connectivity index (χ0) is 16.0. The van der Waals surface area contributed by atoms with Crippen molar-refractivity contribution in [3.63, 3.8) is 0 Å². The minimum atomic E-state index is -3.76. The molecule has 0 spiro atoms. The molecule has 0 bridgehead atoms. The van der Waals surface area contributed by atoms with Crippen LogP contribution in [0.3, 0.4) is 0 Å². The molecular formula is C13H20ClFN2O2S2. The Balaban J connectivity index is 3.09. The molecule has 4 nitrogen and oxygen atoms in total. The number of rotatable bonds is 8. The third-order valence-electron chi connectivity index (χ3n) is 2.73. The number of nitrogens with one attached hydrogen (secondary N) is 2. The second-order valence-corrected chi connectivity index (χ2v) is 7.64. The average Bonchev–Trinajstić information content (AvgIpc) is 2.39. The molecule has 1 aromatic carbocycles. The molecule has 0 fully saturated rings. The van der Waals surface area contributed by atoms with Crippen LogP contribution in [0.1, 0.15) is 19.4 Å². The monoisotopic (exact) mass is 354 g/mol. The van der Waals surface area contributed by atoms with Gasteiger partial charge in [0.15, 0.2) is 0 Å². The summed E-state index contributed by atoms with van der Waals surface area (Å²) < 4.78 is 40.9. The summed E-state index contributed by atoms with van der Waals surface area (Å²) in [5.41, 5.74) is 0.427. The van der Waals surface area contributed by atoms with Gasteiger partial charge in [0.1, 0.15) is 5.82 Å². The van der Waals surface area contributed by atoms with Crippen molar-refractivity contribution in [1.29, 1.82) is 0 Å². The number of thioether (sulfide) groups is 1. The largest absolute Gasteiger partial charge is 0.313 e. The first-order chi connectivity index (χ1) is 9.81. The van der Waals surface area contributed by atoms with E-state index in [9.17, 15) is 12.8 Å². The molecule has 21 heavy (non-hydrogen) atoms. The second kappa shape index (κ2) is 8.33. The van der Waals surface area contributed by atoms with Gasteiger partial charge in [-0.15, -0.1) is 0 Å². The van der Waals surface area contributed by atoms with Crippen LogP contribution >= 0.6 is 23.4 Å². The van der Waals surface area contributed by atoms with Gasteiger partial charge in [0.2, 0.25) is 10.0 Å². The highest BCUT2D eigenvalue weighted by Crippen LogP contribution is 2.24. The molecule has 0 radical (unpaired) electrons. The Hall–Kier alpha value is -0.340. The van der Waals surface area contributed by atoms with E-state index >= 15 is 0 Å². The normalized spacial score (nSPS) is 13.4. The first kappa shape index (κ1) is 18.7. The van der Waals surface area contributed by atoms with Gasteiger partial charge in [0, 0.05) is 18.3 Å². The molecule has 1 atom stereocenters. The van der Waals surface area contributed by atoms with Crippen LogP contribution in [-0.2, 0) is 16.6 Å². The van der Waals surface area contributed by atoms with E-state index in [1.165, 1.54) is 17.8 Å². The van der Waals surface area contributed by atoms with E-state index in [1.807, 2.05) is 13.2 Å². The maximum Gasteiger partial charge on any atom is 0.240 e. The minimum absolute atomic E-state index is 0.0490. The molecule has 0 aliphatic carbocycles. The van der Waals surface area contributed by atoms with Crippen molar-refractivity contribution in [2.75, 3.05) is 18.6 Å². The number of sulfonamides is 1. The first-order valence-electron chi connectivity index (χ1n) is 6.51. The molecule has 0 saturated carbocycles. The maximum absolute atomic E-state index is 13.8. The molecule has 0 aliphatic heterocycles. The van der Waals surface area contributed by atoms with Gasteiger partial charge in [0.05, 0.1) is 9.92 Å². The van der Waals surface area contributed by atoms with Crippen molar-refractivity contribution in [1.82, 2.24) is 10.0 Å². The SMILES string of the molecule is CCNCc1cc(S(=O)(=O)NC(C)CSC)cc(F)c1Cl. The van der Waals surface area contributed by atoms with Gasteiger partial charge in [0.25, 0.3) is 0 Å². The number of halogens is 2. The van der Waals surface area contributed by atoms with Gasteiger partial charge in [-0.3, -0.25) is 0 Å². The van der Waals surface area contributed by atoms with E-state index < -0.39 is 15.8 Å². The van der Waals surface area contributed by atoms with Crippen LogP contribution in [0.2, 0.25) is 5.02 Å². The lowest BCUT2D eigenvalue weighted by Crippen LogP contribution is -2.34. The zero-order valence-electron chi connectivity index (χ0n) is 12.2. The summed E-state index contributed by atoms with van der Waals surface area (Å²) in [6.45, 7) is 4.66. The van der Waals surface area contributed by atoms with Crippen LogP contribution < -0.4 is 10.0 Å². The number of benzene rings is 1. The molecule has 8 heteroatoms. The molecule has 1 unspecified atom stereocenters. The summed E-state index contributed by atoms with van der Waals surface area (Å²) in [6.07, 6.45) is 1.89. The quantitative estimate of drug-likeness (QED) is 0.753. The van der Waals surface area contributed by atoms with Crippen LogP contribution in [0.15, 0.2) is 17.0 Å². The average molecular weight is 355 g/mol. The van der Waals surface area contributed by atoms with Crippen LogP contribution in [0, 0.1) is 5.82 Å². The lowest BCUT2D eigenvalue weighted by Gasteiger charge is -2.15. The van der Waals surface area contributed by atoms with E-state index in [2.05, 4.69) is 10.0 Å². The number of hydrogen-bond acceptors (Lipinski definition) is 4. The summed E-state index contributed by atoms with van der Waals surface area (Å²) in [7, 11) is -3.76. The van der Waals surface area contributed by atoms with Crippen molar-refractivity contribution in [2.45, 2.75) is 31.3 Å². The van der Waals surface area contributed by atoms with Crippen LogP contribution in [0.25, 0.3) is 0 Å². The Morgan fingerprint density at radius 3 is 2.67 bits per heavy atom. The highest BCUT2D eigenvalue weighted by molar-refractivity contribution is 7.98. The molecular weight excluding hydrogens is 335 g/mol. The van der Waals surface area contributed by atoms with Crippen molar-refractivity contribution >= 4 is 33.4 Å². The fourth-order valence-electron chi connectivity index (χ4n) is 1.78. The van der Waals surface area contributed by atoms with Crippen molar-refractivity contribution in [3.05, 3.63) is 28.5 Å². The molecule has 2 N–H and O–H groups in total. The third-order valence-corrected chi connectivity index (χ3v) is 5.55. The highest BCUT2D eigenvalue weighted by Gasteiger charge is 2.20. The Kier molecular flexibility index (Phi) is 7.42. The molecule has 0 aliphatic rings. The van der Waals surface area contributed by atoms with Crippen molar-refractivity contribution in [2.24, 2.45) is 0 Å². The van der Waals surface area contributed by atoms with Crippen molar-refractivity contribution < 1.29 is 12.8 Å². The van der Waals surface area contributed by atoms with E-state index in [-0.39, 0.29) is 16.0 Å². The minimum Gasteiger partial charge on any atom is -0.313 e. The smallest absolute Gasteiger partial charge is 0.240 e. The zero-order valence-corrected chi connectivity index (χ0v) is 14.6. The van der Waals surface area contributed by atoms with Gasteiger partial charge < -0.3 is 5.32 Å². The van der Waals surface area contributed by atoms with E-state index in [0.717, 1.165) is 6.07 Å². The van der Waals surface area contributed by atoms with Gasteiger partial charge >= 0.3 is 0 Å². The van der Waals surface area contributed by atoms with Crippen LogP contribution in [-0.4, -0.2) is 33.0 Å². The topological polar surface area (TPSA) is 58.2 Å². The fraction of sp³-hybridized carbons (Fsp3) is 0.538. The Morgan fingerprint density at radius 2 is 2.10 bits per heavy atom. The molecule has 1 aromatic rings. The fourth-order valence-corrected chi connectivity index (χ4v) is 3.95. The summed E-state index contributed by atoms with van der Waals surface area (Å²) in [5, 5.41) is 2.95. The van der Waals surface area contributed by atoms with E-state index in [4.69, 9.17) is 11.6 Å². The molecule has 0 heterocycles. The van der Waals surface area contributed by atoms with Gasteiger partial charge in [-0.25, -0.2) is 17.5 Å². The van der Waals surface area contributed by atoms with Gasteiger partial charge in [-0.2, -0.15) is 11.8 Å². The highest BCUT2D eigenvalue weighted by atomic mass is 35.5. The van der Waals surface area contributed by atoms with Crippen molar-refractivity contribution in [3.8, 4) is 0 Å². The molecule has 0 aromatic heterocycles. The lowest BCUT2D eigenvalue weighted by atomic mass is 10.2. The Labute approximate surface area is 134 Å². The lowest BCUT2D eigenvalue weighted by molar-refractivity contribution is 0.567. The summed E-state index contributed by atoms with van der Waals surface area (Å²) in [6, 6.07) is 2.12. The van der Waals surface area contributed by atoms with Crippen LogP contribution in [0.5, 0.6) is 0 Å². The van der Waals surface area contributed by atoms with E-state index in [1.54, 1.807) is 6.92 Å². The Morgan fingerprint density at radius 1 is 1.43 bits per heavy atom. The summed E-state index contributed by atoms with van der Waals surface area (Å²) in [5.74, 6) is -0.0931. The molecule has 120 valence electrons. The standard InChI is InChI=1S/C13H20ClFN2O2S2/c1-4-16-7-10-5-11(6-12(15)13(10)14)21(18,19)17-9(2)8-20-3/h5-6,9,16-17H,4,7-8H2,1-3H3. The van der Waals surface area contributed by atoms with Gasteiger partial charge in [-0.05, 0) is 37.4 Å². The third kappa shape index (κ3) is 5.41. The van der Waals surface area contributed by atoms with E-state index in [0.29, 0.717) is 24.4 Å². The predicted octanol–water partition coefficient (Wildman–Crippen LogP) is 2.62. The molecule has 1 rings (SSSR count). The summed E-state index contributed by atoms with van der Waals surface area (Å²) >= 11 is 7.41. The first-order valence-corrected chi connectivity index (χ1v) is 9.77. The maximum atomic E-state index is 13.8. The second-order valence-electron chi connectivity index (χ2n) is 4.64. The summed E-state index contributed by atoms with van der Waals surface area (Å²) in [4.78, 5) is -0.106. The molecule has 0 amide bonds.